The van der Waals surface area contributed by atoms with Crippen LogP contribution in [0.2, 0.25) is 0 Å². The molecule has 0 radical (unpaired) electrons. The highest BCUT2D eigenvalue weighted by Crippen LogP contribution is 2.11. The molecule has 2 aromatic heterocycles. The van der Waals surface area contributed by atoms with Gasteiger partial charge in [0.25, 0.3) is 0 Å². The zero-order valence-corrected chi connectivity index (χ0v) is 13.1. The minimum Gasteiger partial charge on any atom is -0.363 e. The molecule has 7 nitrogen and oxygen atoms in total. The third kappa shape index (κ3) is 3.45. The van der Waals surface area contributed by atoms with E-state index in [1.54, 1.807) is 12.5 Å². The number of nitrogens with zero attached hydrogens (tertiary/aromatic N) is 5. The molecular weight excluding hydrogens is 292 g/mol. The highest BCUT2D eigenvalue weighted by atomic mass is 16.1. The number of rotatable bonds is 5. The summed E-state index contributed by atoms with van der Waals surface area (Å²) >= 11 is 0. The van der Waals surface area contributed by atoms with Crippen LogP contribution in [0.25, 0.3) is 11.0 Å². The quantitative estimate of drug-likeness (QED) is 0.766. The smallest absolute Gasteiger partial charge is 0.240 e. The molecule has 1 N–H and O–H groups in total. The first-order valence-corrected chi connectivity index (χ1v) is 7.29. The van der Waals surface area contributed by atoms with E-state index in [1.165, 1.54) is 0 Å². The second kappa shape index (κ2) is 6.43. The summed E-state index contributed by atoms with van der Waals surface area (Å²) in [4.78, 5) is 26.8. The third-order valence-electron chi connectivity index (χ3n) is 3.43. The van der Waals surface area contributed by atoms with Gasteiger partial charge in [0.1, 0.15) is 18.2 Å². The summed E-state index contributed by atoms with van der Waals surface area (Å²) in [5, 5.41) is 2.84. The van der Waals surface area contributed by atoms with E-state index < -0.39 is 0 Å². The van der Waals surface area contributed by atoms with Crippen molar-refractivity contribution in [2.75, 3.05) is 19.0 Å². The fourth-order valence-electron chi connectivity index (χ4n) is 2.25. The number of carbonyl (C=O) groups is 1. The van der Waals surface area contributed by atoms with Gasteiger partial charge in [-0.25, -0.2) is 15.0 Å². The van der Waals surface area contributed by atoms with Gasteiger partial charge < -0.3 is 14.8 Å². The number of nitrogens with one attached hydrogen (secondary N) is 1. The number of carbonyl (C=O) groups excluding carboxylic acids is 1. The summed E-state index contributed by atoms with van der Waals surface area (Å²) in [6.45, 7) is 0.515. The molecule has 0 bridgehead atoms. The monoisotopic (exact) mass is 310 g/mol. The number of amides is 1. The van der Waals surface area contributed by atoms with Crippen molar-refractivity contribution in [2.24, 2.45) is 0 Å². The maximum atomic E-state index is 12.1. The second-order valence-corrected chi connectivity index (χ2v) is 5.36. The third-order valence-corrected chi connectivity index (χ3v) is 3.43. The summed E-state index contributed by atoms with van der Waals surface area (Å²) in [6.07, 6.45) is 3.36. The lowest BCUT2D eigenvalue weighted by molar-refractivity contribution is -0.121. The average molecular weight is 310 g/mol. The Hall–Kier alpha value is -2.96. The van der Waals surface area contributed by atoms with Crippen molar-refractivity contribution in [1.29, 1.82) is 0 Å². The molecule has 2 heterocycles. The second-order valence-electron chi connectivity index (χ2n) is 5.36. The maximum Gasteiger partial charge on any atom is 0.240 e. The van der Waals surface area contributed by atoms with Gasteiger partial charge in [-0.05, 0) is 18.2 Å². The van der Waals surface area contributed by atoms with Gasteiger partial charge in [-0.15, -0.1) is 0 Å². The number of hydrogen-bond acceptors (Lipinski definition) is 5. The van der Waals surface area contributed by atoms with Gasteiger partial charge in [0.2, 0.25) is 5.91 Å². The minimum absolute atomic E-state index is 0.105. The Kier molecular flexibility index (Phi) is 4.18. The predicted octanol–water partition coefficient (Wildman–Crippen LogP) is 1.21. The van der Waals surface area contributed by atoms with Gasteiger partial charge >= 0.3 is 0 Å². The zero-order chi connectivity index (χ0) is 16.2. The fraction of sp³-hybridized carbons (Fsp3) is 0.250. The van der Waals surface area contributed by atoms with Crippen LogP contribution in [0.15, 0.2) is 42.9 Å². The minimum atomic E-state index is -0.105. The van der Waals surface area contributed by atoms with E-state index in [9.17, 15) is 4.79 Å². The van der Waals surface area contributed by atoms with E-state index in [0.29, 0.717) is 12.4 Å². The Morgan fingerprint density at radius 3 is 2.87 bits per heavy atom. The summed E-state index contributed by atoms with van der Waals surface area (Å²) in [5.41, 5.74) is 1.82. The van der Waals surface area contributed by atoms with Crippen LogP contribution in [0.3, 0.4) is 0 Å². The Balaban J connectivity index is 1.63. The van der Waals surface area contributed by atoms with Crippen LogP contribution >= 0.6 is 0 Å². The molecule has 1 aromatic carbocycles. The van der Waals surface area contributed by atoms with Crippen LogP contribution in [0.5, 0.6) is 0 Å². The summed E-state index contributed by atoms with van der Waals surface area (Å²) in [7, 11) is 3.82. The Morgan fingerprint density at radius 2 is 2.04 bits per heavy atom. The summed E-state index contributed by atoms with van der Waals surface area (Å²) in [5.74, 6) is 1.29. The molecule has 3 aromatic rings. The van der Waals surface area contributed by atoms with E-state index in [-0.39, 0.29) is 12.5 Å². The average Bonchev–Trinajstić information content (AvgIpc) is 2.96. The number of para-hydroxylation sites is 2. The van der Waals surface area contributed by atoms with Crippen molar-refractivity contribution < 1.29 is 4.79 Å². The van der Waals surface area contributed by atoms with Crippen molar-refractivity contribution in [3.63, 3.8) is 0 Å². The molecule has 0 atom stereocenters. The number of imidazole rings is 1. The standard InChI is InChI=1S/C16H18N6O/c1-21(2)15-7-8-17-14(20-15)9-18-16(23)10-22-11-19-12-5-3-4-6-13(12)22/h3-8,11H,9-10H2,1-2H3,(H,18,23). The van der Waals surface area contributed by atoms with Gasteiger partial charge in [-0.2, -0.15) is 0 Å². The molecule has 118 valence electrons. The molecule has 0 aliphatic heterocycles. The Morgan fingerprint density at radius 1 is 1.22 bits per heavy atom. The SMILES string of the molecule is CN(C)c1ccnc(CNC(=O)Cn2cnc3ccccc32)n1. The van der Waals surface area contributed by atoms with Crippen molar-refractivity contribution in [2.45, 2.75) is 13.1 Å². The van der Waals surface area contributed by atoms with Crippen LogP contribution in [0.4, 0.5) is 5.82 Å². The molecule has 0 aliphatic rings. The van der Waals surface area contributed by atoms with E-state index in [1.807, 2.05) is 53.9 Å². The van der Waals surface area contributed by atoms with E-state index >= 15 is 0 Å². The molecule has 23 heavy (non-hydrogen) atoms. The Bertz CT molecular complexity index is 826. The highest BCUT2D eigenvalue weighted by molar-refractivity contribution is 5.80. The molecule has 0 saturated heterocycles. The first-order chi connectivity index (χ1) is 11.1. The number of fused-ring (bicyclic) bond motifs is 1. The van der Waals surface area contributed by atoms with E-state index in [2.05, 4.69) is 20.3 Å². The molecule has 3 rings (SSSR count). The molecule has 1 amide bonds. The molecule has 0 unspecified atom stereocenters. The van der Waals surface area contributed by atoms with Crippen molar-refractivity contribution in [3.8, 4) is 0 Å². The lowest BCUT2D eigenvalue weighted by Gasteiger charge is -2.12. The molecule has 0 aliphatic carbocycles. The topological polar surface area (TPSA) is 75.9 Å². The molecule has 0 saturated carbocycles. The van der Waals surface area contributed by atoms with E-state index in [0.717, 1.165) is 16.9 Å². The number of aromatic nitrogens is 4. The number of hydrogen-bond donors (Lipinski definition) is 1. The van der Waals surface area contributed by atoms with Gasteiger partial charge in [0.05, 0.1) is 23.9 Å². The van der Waals surface area contributed by atoms with Crippen molar-refractivity contribution >= 4 is 22.8 Å². The molecule has 0 fully saturated rings. The highest BCUT2D eigenvalue weighted by Gasteiger charge is 2.08. The zero-order valence-electron chi connectivity index (χ0n) is 13.1. The van der Waals surface area contributed by atoms with Crippen LogP contribution in [0, 0.1) is 0 Å². The van der Waals surface area contributed by atoms with Crippen molar-refractivity contribution in [1.82, 2.24) is 24.8 Å². The summed E-state index contributed by atoms with van der Waals surface area (Å²) in [6, 6.07) is 9.54. The normalized spacial score (nSPS) is 10.7. The van der Waals surface area contributed by atoms with Crippen LogP contribution < -0.4 is 10.2 Å². The molecular formula is C16H18N6O. The van der Waals surface area contributed by atoms with Gasteiger partial charge in [-0.3, -0.25) is 4.79 Å². The number of benzene rings is 1. The largest absolute Gasteiger partial charge is 0.363 e. The fourth-order valence-corrected chi connectivity index (χ4v) is 2.25. The lowest BCUT2D eigenvalue weighted by atomic mass is 10.3. The molecule has 0 spiro atoms. The molecule has 7 heteroatoms. The van der Waals surface area contributed by atoms with E-state index in [4.69, 9.17) is 0 Å². The van der Waals surface area contributed by atoms with Crippen LogP contribution in [-0.4, -0.2) is 39.5 Å². The van der Waals surface area contributed by atoms with Crippen LogP contribution in [-0.2, 0) is 17.9 Å². The maximum absolute atomic E-state index is 12.1. The van der Waals surface area contributed by atoms with Gasteiger partial charge in [0, 0.05) is 20.3 Å². The Labute approximate surface area is 134 Å². The van der Waals surface area contributed by atoms with Crippen LogP contribution in [0.1, 0.15) is 5.82 Å². The first kappa shape index (κ1) is 15.0. The number of anilines is 1. The predicted molar refractivity (Wildman–Crippen MR) is 87.9 cm³/mol. The van der Waals surface area contributed by atoms with Crippen molar-refractivity contribution in [3.05, 3.63) is 48.7 Å². The lowest BCUT2D eigenvalue weighted by Crippen LogP contribution is -2.28. The summed E-state index contributed by atoms with van der Waals surface area (Å²) < 4.78 is 1.82. The van der Waals surface area contributed by atoms with Gasteiger partial charge in [0.15, 0.2) is 0 Å². The first-order valence-electron chi connectivity index (χ1n) is 7.29. The van der Waals surface area contributed by atoms with Gasteiger partial charge in [-0.1, -0.05) is 12.1 Å².